The zero-order valence-corrected chi connectivity index (χ0v) is 15.2. The Labute approximate surface area is 158 Å². The zero-order chi connectivity index (χ0) is 18.6. The molecule has 4 rings (SSSR count). The maximum atomic E-state index is 12.7. The van der Waals surface area contributed by atoms with E-state index in [4.69, 9.17) is 0 Å². The Morgan fingerprint density at radius 1 is 0.926 bits per heavy atom. The van der Waals surface area contributed by atoms with Gasteiger partial charge in [0.1, 0.15) is 0 Å². The van der Waals surface area contributed by atoms with Crippen LogP contribution in [0.5, 0.6) is 0 Å². The third kappa shape index (κ3) is 3.65. The van der Waals surface area contributed by atoms with Crippen molar-refractivity contribution in [1.29, 1.82) is 0 Å². The minimum absolute atomic E-state index is 0.103. The smallest absolute Gasteiger partial charge is 0.254 e. The second-order valence-electron chi connectivity index (χ2n) is 6.61. The first-order valence-electron chi connectivity index (χ1n) is 9.06. The predicted octanol–water partition coefficient (Wildman–Crippen LogP) is 2.81. The second kappa shape index (κ2) is 7.53. The Morgan fingerprint density at radius 3 is 2.41 bits per heavy atom. The van der Waals surface area contributed by atoms with Gasteiger partial charge in [-0.05, 0) is 42.8 Å². The first kappa shape index (κ1) is 17.1. The molecule has 27 heavy (non-hydrogen) atoms. The molecular weight excluding hydrogens is 338 g/mol. The van der Waals surface area contributed by atoms with Crippen molar-refractivity contribution in [2.75, 3.05) is 31.1 Å². The molecule has 3 aromatic rings. The summed E-state index contributed by atoms with van der Waals surface area (Å²) in [7, 11) is 0. The number of carbonyl (C=O) groups is 1. The molecule has 6 nitrogen and oxygen atoms in total. The Bertz CT molecular complexity index is 919. The van der Waals surface area contributed by atoms with Gasteiger partial charge in [-0.2, -0.15) is 0 Å². The van der Waals surface area contributed by atoms with E-state index in [1.54, 1.807) is 12.4 Å². The number of hydrogen-bond acceptors (Lipinski definition) is 5. The van der Waals surface area contributed by atoms with Crippen LogP contribution >= 0.6 is 0 Å². The third-order valence-electron chi connectivity index (χ3n) is 4.87. The molecule has 0 spiro atoms. The molecule has 136 valence electrons. The molecule has 6 heteroatoms. The van der Waals surface area contributed by atoms with Crippen molar-refractivity contribution in [3.8, 4) is 11.3 Å². The van der Waals surface area contributed by atoms with Crippen molar-refractivity contribution in [1.82, 2.24) is 20.1 Å². The maximum absolute atomic E-state index is 12.7. The normalized spacial score (nSPS) is 14.3. The first-order valence-corrected chi connectivity index (χ1v) is 9.06. The number of aromatic nitrogens is 3. The van der Waals surface area contributed by atoms with E-state index in [9.17, 15) is 4.79 Å². The third-order valence-corrected chi connectivity index (χ3v) is 4.87. The van der Waals surface area contributed by atoms with E-state index in [0.717, 1.165) is 41.3 Å². The van der Waals surface area contributed by atoms with E-state index in [0.29, 0.717) is 13.1 Å². The summed E-state index contributed by atoms with van der Waals surface area (Å²) < 4.78 is 0. The lowest BCUT2D eigenvalue weighted by Gasteiger charge is -2.35. The van der Waals surface area contributed by atoms with Crippen molar-refractivity contribution >= 4 is 11.7 Å². The van der Waals surface area contributed by atoms with E-state index >= 15 is 0 Å². The lowest BCUT2D eigenvalue weighted by Crippen LogP contribution is -2.49. The van der Waals surface area contributed by atoms with Crippen LogP contribution in [-0.2, 0) is 0 Å². The summed E-state index contributed by atoms with van der Waals surface area (Å²) in [5.41, 5.74) is 3.55. The molecule has 1 aliphatic heterocycles. The molecule has 1 aliphatic rings. The standard InChI is InChI=1S/C21H21N5O/c1-16-5-2-3-7-18(16)21(27)26-13-11-25(12-14-26)20-9-8-19(23-24-20)17-6-4-10-22-15-17/h2-10,15H,11-14H2,1H3. The van der Waals surface area contributed by atoms with Crippen molar-refractivity contribution in [2.24, 2.45) is 0 Å². The van der Waals surface area contributed by atoms with Crippen molar-refractivity contribution in [3.05, 3.63) is 72.1 Å². The molecule has 1 saturated heterocycles. The fourth-order valence-corrected chi connectivity index (χ4v) is 3.28. The highest BCUT2D eigenvalue weighted by molar-refractivity contribution is 5.95. The summed E-state index contributed by atoms with van der Waals surface area (Å²) in [5, 5.41) is 8.69. The average Bonchev–Trinajstić information content (AvgIpc) is 2.74. The van der Waals surface area contributed by atoms with Crippen LogP contribution in [0.3, 0.4) is 0 Å². The molecule has 0 radical (unpaired) electrons. The molecule has 2 aromatic heterocycles. The van der Waals surface area contributed by atoms with Crippen LogP contribution in [0.25, 0.3) is 11.3 Å². The highest BCUT2D eigenvalue weighted by Crippen LogP contribution is 2.19. The Hall–Kier alpha value is -3.28. The number of carbonyl (C=O) groups excluding carboxylic acids is 1. The van der Waals surface area contributed by atoms with Gasteiger partial charge in [-0.3, -0.25) is 9.78 Å². The molecule has 1 amide bonds. The van der Waals surface area contributed by atoms with Crippen LogP contribution in [0, 0.1) is 6.92 Å². The number of hydrogen-bond donors (Lipinski definition) is 0. The summed E-state index contributed by atoms with van der Waals surface area (Å²) in [6, 6.07) is 15.5. The summed E-state index contributed by atoms with van der Waals surface area (Å²) in [6.45, 7) is 4.83. The maximum Gasteiger partial charge on any atom is 0.254 e. The van der Waals surface area contributed by atoms with E-state index in [-0.39, 0.29) is 5.91 Å². The topological polar surface area (TPSA) is 62.2 Å². The van der Waals surface area contributed by atoms with Gasteiger partial charge >= 0.3 is 0 Å². The highest BCUT2D eigenvalue weighted by atomic mass is 16.2. The van der Waals surface area contributed by atoms with Gasteiger partial charge in [-0.1, -0.05) is 18.2 Å². The van der Waals surface area contributed by atoms with Gasteiger partial charge in [0.25, 0.3) is 5.91 Å². The number of benzene rings is 1. The van der Waals surface area contributed by atoms with Crippen LogP contribution in [-0.4, -0.2) is 52.2 Å². The van der Waals surface area contributed by atoms with Crippen molar-refractivity contribution < 1.29 is 4.79 Å². The van der Waals surface area contributed by atoms with Gasteiger partial charge in [0, 0.05) is 49.7 Å². The summed E-state index contributed by atoms with van der Waals surface area (Å²) >= 11 is 0. The molecule has 1 fully saturated rings. The number of anilines is 1. The molecule has 3 heterocycles. The summed E-state index contributed by atoms with van der Waals surface area (Å²) in [6.07, 6.45) is 3.52. The minimum atomic E-state index is 0.103. The number of rotatable bonds is 3. The number of aryl methyl sites for hydroxylation is 1. The van der Waals surface area contributed by atoms with Gasteiger partial charge in [-0.15, -0.1) is 10.2 Å². The Kier molecular flexibility index (Phi) is 4.78. The van der Waals surface area contributed by atoms with Crippen molar-refractivity contribution in [2.45, 2.75) is 6.92 Å². The first-order chi connectivity index (χ1) is 13.2. The number of nitrogens with zero attached hydrogens (tertiary/aromatic N) is 5. The largest absolute Gasteiger partial charge is 0.352 e. The minimum Gasteiger partial charge on any atom is -0.352 e. The molecular formula is C21H21N5O. The van der Waals surface area contributed by atoms with Crippen LogP contribution in [0.2, 0.25) is 0 Å². The van der Waals surface area contributed by atoms with E-state index in [1.165, 1.54) is 0 Å². The highest BCUT2D eigenvalue weighted by Gasteiger charge is 2.23. The summed E-state index contributed by atoms with van der Waals surface area (Å²) in [5.74, 6) is 0.941. The molecule has 0 saturated carbocycles. The summed E-state index contributed by atoms with van der Waals surface area (Å²) in [4.78, 5) is 20.9. The van der Waals surface area contributed by atoms with Gasteiger partial charge < -0.3 is 9.80 Å². The second-order valence-corrected chi connectivity index (χ2v) is 6.61. The number of amides is 1. The molecule has 0 atom stereocenters. The lowest BCUT2D eigenvalue weighted by atomic mass is 10.1. The molecule has 0 bridgehead atoms. The predicted molar refractivity (Wildman–Crippen MR) is 105 cm³/mol. The van der Waals surface area contributed by atoms with Gasteiger partial charge in [0.15, 0.2) is 5.82 Å². The molecule has 0 unspecified atom stereocenters. The van der Waals surface area contributed by atoms with Crippen LogP contribution < -0.4 is 4.90 Å². The zero-order valence-electron chi connectivity index (χ0n) is 15.2. The fraction of sp³-hybridized carbons (Fsp3) is 0.238. The van der Waals surface area contributed by atoms with E-state index in [1.807, 2.05) is 60.4 Å². The van der Waals surface area contributed by atoms with Crippen LogP contribution in [0.4, 0.5) is 5.82 Å². The van der Waals surface area contributed by atoms with Crippen molar-refractivity contribution in [3.63, 3.8) is 0 Å². The van der Waals surface area contributed by atoms with E-state index < -0.39 is 0 Å². The van der Waals surface area contributed by atoms with Crippen LogP contribution in [0.15, 0.2) is 60.9 Å². The molecule has 1 aromatic carbocycles. The number of piperazine rings is 1. The lowest BCUT2D eigenvalue weighted by molar-refractivity contribution is 0.0745. The quantitative estimate of drug-likeness (QED) is 0.720. The molecule has 0 N–H and O–H groups in total. The molecule has 0 aliphatic carbocycles. The van der Waals surface area contributed by atoms with Gasteiger partial charge in [0.05, 0.1) is 5.69 Å². The van der Waals surface area contributed by atoms with Gasteiger partial charge in [0.2, 0.25) is 0 Å². The fourth-order valence-electron chi connectivity index (χ4n) is 3.28. The van der Waals surface area contributed by atoms with Crippen LogP contribution in [0.1, 0.15) is 15.9 Å². The van der Waals surface area contributed by atoms with E-state index in [2.05, 4.69) is 20.1 Å². The Balaban J connectivity index is 1.41. The monoisotopic (exact) mass is 359 g/mol. The Morgan fingerprint density at radius 2 is 1.74 bits per heavy atom. The number of pyridine rings is 1. The van der Waals surface area contributed by atoms with Gasteiger partial charge in [-0.25, -0.2) is 0 Å². The average molecular weight is 359 g/mol. The SMILES string of the molecule is Cc1ccccc1C(=O)N1CCN(c2ccc(-c3cccnc3)nn2)CC1.